The van der Waals surface area contributed by atoms with Gasteiger partial charge >= 0.3 is 0 Å². The molecule has 0 amide bonds. The van der Waals surface area contributed by atoms with Crippen molar-refractivity contribution in [3.05, 3.63) is 29.8 Å². The van der Waals surface area contributed by atoms with Crippen LogP contribution in [0.2, 0.25) is 0 Å². The van der Waals surface area contributed by atoms with Gasteiger partial charge in [0.15, 0.2) is 0 Å². The SMILES string of the molecule is CC[C@H](O)c1ccccc1OCCOCCC(C)C. The van der Waals surface area contributed by atoms with Crippen molar-refractivity contribution in [2.75, 3.05) is 19.8 Å². The molecule has 1 rings (SSSR count). The van der Waals surface area contributed by atoms with Crippen LogP contribution in [-0.2, 0) is 4.74 Å². The Morgan fingerprint density at radius 3 is 2.53 bits per heavy atom. The van der Waals surface area contributed by atoms with E-state index >= 15 is 0 Å². The quantitative estimate of drug-likeness (QED) is 0.694. The Kier molecular flexibility index (Phi) is 7.53. The highest BCUT2D eigenvalue weighted by atomic mass is 16.5. The van der Waals surface area contributed by atoms with Gasteiger partial charge in [-0.3, -0.25) is 0 Å². The molecule has 3 heteroatoms. The molecule has 0 saturated carbocycles. The molecule has 1 aromatic carbocycles. The minimum atomic E-state index is -0.460. The van der Waals surface area contributed by atoms with Gasteiger partial charge in [-0.25, -0.2) is 0 Å². The van der Waals surface area contributed by atoms with Gasteiger partial charge in [0.1, 0.15) is 12.4 Å². The normalized spacial score (nSPS) is 12.7. The number of aliphatic hydroxyl groups excluding tert-OH is 1. The zero-order valence-corrected chi connectivity index (χ0v) is 12.3. The van der Waals surface area contributed by atoms with E-state index < -0.39 is 6.10 Å². The molecule has 0 aliphatic carbocycles. The maximum atomic E-state index is 9.90. The number of ether oxygens (including phenoxy) is 2. The Balaban J connectivity index is 2.33. The number of para-hydroxylation sites is 1. The van der Waals surface area contributed by atoms with Crippen molar-refractivity contribution >= 4 is 0 Å². The van der Waals surface area contributed by atoms with Crippen LogP contribution < -0.4 is 4.74 Å². The molecule has 1 atom stereocenters. The van der Waals surface area contributed by atoms with Gasteiger partial charge in [-0.05, 0) is 24.8 Å². The predicted octanol–water partition coefficient (Wildman–Crippen LogP) is 3.57. The van der Waals surface area contributed by atoms with Crippen LogP contribution in [0, 0.1) is 5.92 Å². The van der Waals surface area contributed by atoms with Crippen molar-refractivity contribution < 1.29 is 14.6 Å². The molecule has 0 fully saturated rings. The summed E-state index contributed by atoms with van der Waals surface area (Å²) in [5.41, 5.74) is 0.854. The number of aliphatic hydroxyl groups is 1. The highest BCUT2D eigenvalue weighted by molar-refractivity contribution is 5.34. The lowest BCUT2D eigenvalue weighted by Gasteiger charge is -2.15. The second-order valence-electron chi connectivity index (χ2n) is 5.11. The smallest absolute Gasteiger partial charge is 0.125 e. The van der Waals surface area contributed by atoms with Crippen molar-refractivity contribution in [2.45, 2.75) is 39.7 Å². The second kappa shape index (κ2) is 8.94. The van der Waals surface area contributed by atoms with Gasteiger partial charge in [0.05, 0.1) is 12.7 Å². The van der Waals surface area contributed by atoms with E-state index in [1.165, 1.54) is 0 Å². The summed E-state index contributed by atoms with van der Waals surface area (Å²) in [6.45, 7) is 8.20. The van der Waals surface area contributed by atoms with Crippen molar-refractivity contribution in [2.24, 2.45) is 5.92 Å². The Hall–Kier alpha value is -1.06. The molecular weight excluding hydrogens is 240 g/mol. The summed E-state index contributed by atoms with van der Waals surface area (Å²) >= 11 is 0. The molecule has 0 heterocycles. The summed E-state index contributed by atoms with van der Waals surface area (Å²) in [5, 5.41) is 9.90. The van der Waals surface area contributed by atoms with Gasteiger partial charge in [-0.15, -0.1) is 0 Å². The topological polar surface area (TPSA) is 38.7 Å². The van der Waals surface area contributed by atoms with Crippen molar-refractivity contribution in [3.63, 3.8) is 0 Å². The minimum Gasteiger partial charge on any atom is -0.491 e. The standard InChI is InChI=1S/C16H26O3/c1-4-15(17)14-7-5-6-8-16(14)19-12-11-18-10-9-13(2)3/h5-8,13,15,17H,4,9-12H2,1-3H3/t15-/m0/s1. The van der Waals surface area contributed by atoms with Crippen molar-refractivity contribution in [1.82, 2.24) is 0 Å². The molecule has 0 radical (unpaired) electrons. The van der Waals surface area contributed by atoms with E-state index in [1.807, 2.05) is 31.2 Å². The summed E-state index contributed by atoms with van der Waals surface area (Å²) in [4.78, 5) is 0. The van der Waals surface area contributed by atoms with E-state index in [4.69, 9.17) is 9.47 Å². The molecule has 0 spiro atoms. The van der Waals surface area contributed by atoms with Crippen LogP contribution in [0.4, 0.5) is 0 Å². The molecule has 0 aliphatic heterocycles. The van der Waals surface area contributed by atoms with Crippen LogP contribution in [0.5, 0.6) is 5.75 Å². The third-order valence-electron chi connectivity index (χ3n) is 2.99. The number of hydrogen-bond acceptors (Lipinski definition) is 3. The first kappa shape index (κ1) is 16.0. The first-order valence-corrected chi connectivity index (χ1v) is 7.12. The summed E-state index contributed by atoms with van der Waals surface area (Å²) in [5.74, 6) is 1.42. The predicted molar refractivity (Wildman–Crippen MR) is 77.5 cm³/mol. The molecule has 0 aromatic heterocycles. The van der Waals surface area contributed by atoms with E-state index in [9.17, 15) is 5.11 Å². The summed E-state index contributed by atoms with van der Waals surface area (Å²) < 4.78 is 11.2. The lowest BCUT2D eigenvalue weighted by molar-refractivity contribution is 0.0904. The molecule has 0 bridgehead atoms. The third-order valence-corrected chi connectivity index (χ3v) is 2.99. The average Bonchev–Trinajstić information content (AvgIpc) is 2.42. The maximum Gasteiger partial charge on any atom is 0.125 e. The van der Waals surface area contributed by atoms with Gasteiger partial charge in [0.25, 0.3) is 0 Å². The molecule has 1 aromatic rings. The fourth-order valence-corrected chi connectivity index (χ4v) is 1.74. The van der Waals surface area contributed by atoms with Gasteiger partial charge in [0, 0.05) is 12.2 Å². The fourth-order valence-electron chi connectivity index (χ4n) is 1.74. The largest absolute Gasteiger partial charge is 0.491 e. The maximum absolute atomic E-state index is 9.90. The highest BCUT2D eigenvalue weighted by Crippen LogP contribution is 2.26. The minimum absolute atomic E-state index is 0.460. The first-order valence-electron chi connectivity index (χ1n) is 7.12. The van der Waals surface area contributed by atoms with E-state index in [2.05, 4.69) is 13.8 Å². The van der Waals surface area contributed by atoms with Crippen LogP contribution in [0.3, 0.4) is 0 Å². The van der Waals surface area contributed by atoms with E-state index in [1.54, 1.807) is 0 Å². The molecular formula is C16H26O3. The van der Waals surface area contributed by atoms with Crippen molar-refractivity contribution in [1.29, 1.82) is 0 Å². The molecule has 3 nitrogen and oxygen atoms in total. The summed E-state index contributed by atoms with van der Waals surface area (Å²) in [6, 6.07) is 7.63. The van der Waals surface area contributed by atoms with Gasteiger partial charge < -0.3 is 14.6 Å². The second-order valence-corrected chi connectivity index (χ2v) is 5.11. The van der Waals surface area contributed by atoms with Crippen LogP contribution in [0.15, 0.2) is 24.3 Å². The third kappa shape index (κ3) is 6.08. The number of hydrogen-bond donors (Lipinski definition) is 1. The Labute approximate surface area is 116 Å². The zero-order chi connectivity index (χ0) is 14.1. The van der Waals surface area contributed by atoms with Crippen LogP contribution in [0.25, 0.3) is 0 Å². The molecule has 0 unspecified atom stereocenters. The lowest BCUT2D eigenvalue weighted by Crippen LogP contribution is -2.10. The Bertz CT molecular complexity index is 350. The number of benzene rings is 1. The van der Waals surface area contributed by atoms with Crippen LogP contribution >= 0.6 is 0 Å². The molecule has 19 heavy (non-hydrogen) atoms. The highest BCUT2D eigenvalue weighted by Gasteiger charge is 2.10. The van der Waals surface area contributed by atoms with Crippen LogP contribution in [-0.4, -0.2) is 24.9 Å². The number of rotatable bonds is 9. The van der Waals surface area contributed by atoms with Crippen molar-refractivity contribution in [3.8, 4) is 5.75 Å². The van der Waals surface area contributed by atoms with Crippen LogP contribution in [0.1, 0.15) is 45.3 Å². The first-order chi connectivity index (χ1) is 9.15. The molecule has 108 valence electrons. The lowest BCUT2D eigenvalue weighted by atomic mass is 10.1. The summed E-state index contributed by atoms with van der Waals surface area (Å²) in [6.07, 6.45) is 1.30. The Morgan fingerprint density at radius 1 is 1.11 bits per heavy atom. The average molecular weight is 266 g/mol. The van der Waals surface area contributed by atoms with Gasteiger partial charge in [-0.2, -0.15) is 0 Å². The Morgan fingerprint density at radius 2 is 1.84 bits per heavy atom. The monoisotopic (exact) mass is 266 g/mol. The van der Waals surface area contributed by atoms with E-state index in [0.717, 1.165) is 24.3 Å². The fraction of sp³-hybridized carbons (Fsp3) is 0.625. The zero-order valence-electron chi connectivity index (χ0n) is 12.3. The van der Waals surface area contributed by atoms with Gasteiger partial charge in [-0.1, -0.05) is 39.0 Å². The molecule has 0 saturated heterocycles. The van der Waals surface area contributed by atoms with E-state index in [-0.39, 0.29) is 0 Å². The summed E-state index contributed by atoms with van der Waals surface area (Å²) in [7, 11) is 0. The van der Waals surface area contributed by atoms with Gasteiger partial charge in [0.2, 0.25) is 0 Å². The molecule has 0 aliphatic rings. The van der Waals surface area contributed by atoms with E-state index in [0.29, 0.717) is 25.6 Å². The molecule has 1 N–H and O–H groups in total.